The van der Waals surface area contributed by atoms with Crippen molar-refractivity contribution in [3.8, 4) is 0 Å². The average Bonchev–Trinajstić information content (AvgIpc) is 3.19. The van der Waals surface area contributed by atoms with Crippen LogP contribution in [0.2, 0.25) is 0 Å². The second kappa shape index (κ2) is 9.57. The van der Waals surface area contributed by atoms with Crippen molar-refractivity contribution in [2.45, 2.75) is 12.8 Å². The van der Waals surface area contributed by atoms with Gasteiger partial charge in [-0.1, -0.05) is 30.3 Å². The van der Waals surface area contributed by atoms with Crippen LogP contribution in [0.25, 0.3) is 6.08 Å². The average molecular weight is 418 g/mol. The second-order valence-corrected chi connectivity index (χ2v) is 7.62. The number of nitrogens with one attached hydrogen (secondary N) is 1. The summed E-state index contributed by atoms with van der Waals surface area (Å²) in [6.45, 7) is 3.08. The Hall–Kier alpha value is -3.45. The fourth-order valence-corrected chi connectivity index (χ4v) is 3.88. The molecule has 1 amide bonds. The first-order valence-corrected chi connectivity index (χ1v) is 10.4. The van der Waals surface area contributed by atoms with Gasteiger partial charge in [0, 0.05) is 38.1 Å². The van der Waals surface area contributed by atoms with E-state index in [1.807, 2.05) is 18.2 Å². The molecule has 2 aliphatic rings. The van der Waals surface area contributed by atoms with E-state index in [-0.39, 0.29) is 11.5 Å². The minimum absolute atomic E-state index is 0.163. The fraction of sp³-hybridized carbons (Fsp3) is 0.292. The summed E-state index contributed by atoms with van der Waals surface area (Å²) in [5.41, 5.74) is 7.54. The Labute approximate surface area is 181 Å². The van der Waals surface area contributed by atoms with Crippen molar-refractivity contribution in [2.75, 3.05) is 26.3 Å². The van der Waals surface area contributed by atoms with Crippen LogP contribution in [-0.4, -0.2) is 47.9 Å². The number of hydrogen-bond acceptors (Lipinski definition) is 5. The summed E-state index contributed by atoms with van der Waals surface area (Å²) < 4.78 is 6.90. The van der Waals surface area contributed by atoms with Crippen molar-refractivity contribution in [3.05, 3.63) is 87.0 Å². The molecule has 1 aliphatic carbocycles. The lowest BCUT2D eigenvalue weighted by molar-refractivity contribution is 0.0548. The predicted octanol–water partition coefficient (Wildman–Crippen LogP) is 2.56. The molecule has 7 heteroatoms. The summed E-state index contributed by atoms with van der Waals surface area (Å²) in [7, 11) is 1.61. The van der Waals surface area contributed by atoms with Crippen molar-refractivity contribution >= 4 is 18.2 Å². The Morgan fingerprint density at radius 2 is 1.87 bits per heavy atom. The number of nitrogens with zero attached hydrogens (tertiary/aromatic N) is 3. The molecule has 31 heavy (non-hydrogen) atoms. The highest BCUT2D eigenvalue weighted by Crippen LogP contribution is 2.34. The van der Waals surface area contributed by atoms with E-state index in [4.69, 9.17) is 4.74 Å². The quantitative estimate of drug-likeness (QED) is 0.598. The zero-order chi connectivity index (χ0) is 21.6. The molecule has 0 atom stereocenters. The monoisotopic (exact) mass is 418 g/mol. The molecule has 0 saturated carbocycles. The van der Waals surface area contributed by atoms with Gasteiger partial charge in [0.25, 0.3) is 5.91 Å². The van der Waals surface area contributed by atoms with Gasteiger partial charge in [-0.05, 0) is 41.7 Å². The molecule has 2 aromatic rings. The van der Waals surface area contributed by atoms with E-state index in [0.29, 0.717) is 18.8 Å². The number of allylic oxidation sites excluding steroid dienone is 2. The largest absolute Gasteiger partial charge is 0.378 e. The number of aromatic nitrogens is 1. The van der Waals surface area contributed by atoms with Crippen molar-refractivity contribution in [1.29, 1.82) is 0 Å². The van der Waals surface area contributed by atoms with Crippen LogP contribution in [-0.2, 0) is 11.8 Å². The van der Waals surface area contributed by atoms with E-state index >= 15 is 0 Å². The van der Waals surface area contributed by atoms with E-state index in [2.05, 4.69) is 33.6 Å². The molecule has 1 fully saturated rings. The molecule has 1 N–H and O–H groups in total. The van der Waals surface area contributed by atoms with E-state index in [1.165, 1.54) is 39.7 Å². The highest BCUT2D eigenvalue weighted by Gasteiger charge is 2.25. The zero-order valence-corrected chi connectivity index (χ0v) is 17.6. The second-order valence-electron chi connectivity index (χ2n) is 7.62. The molecule has 0 spiro atoms. The van der Waals surface area contributed by atoms with Crippen LogP contribution in [0, 0.1) is 0 Å². The van der Waals surface area contributed by atoms with Gasteiger partial charge in [0.2, 0.25) is 5.56 Å². The summed E-state index contributed by atoms with van der Waals surface area (Å²) in [5, 5.41) is 4.21. The van der Waals surface area contributed by atoms with Gasteiger partial charge < -0.3 is 14.2 Å². The van der Waals surface area contributed by atoms with Crippen LogP contribution < -0.4 is 11.0 Å². The number of hydrogen-bond donors (Lipinski definition) is 1. The lowest BCUT2D eigenvalue weighted by atomic mass is 10.1. The SMILES string of the molecule is Cn1cc(C(=O)NN=CC2=C(N3CCOCC3)/C(=C\c3ccccc3)CC2)ccc1=O. The van der Waals surface area contributed by atoms with E-state index in [0.717, 1.165) is 31.5 Å². The zero-order valence-electron chi connectivity index (χ0n) is 17.6. The van der Waals surface area contributed by atoms with E-state index in [1.54, 1.807) is 13.3 Å². The van der Waals surface area contributed by atoms with Crippen LogP contribution in [0.5, 0.6) is 0 Å². The first-order valence-electron chi connectivity index (χ1n) is 10.4. The van der Waals surface area contributed by atoms with Crippen LogP contribution in [0.15, 0.2) is 75.4 Å². The number of pyridine rings is 1. The maximum Gasteiger partial charge on any atom is 0.272 e. The number of rotatable bonds is 5. The van der Waals surface area contributed by atoms with Gasteiger partial charge in [0.1, 0.15) is 0 Å². The van der Waals surface area contributed by atoms with Gasteiger partial charge in [0.15, 0.2) is 0 Å². The van der Waals surface area contributed by atoms with Gasteiger partial charge >= 0.3 is 0 Å². The molecular formula is C24H26N4O3. The van der Waals surface area contributed by atoms with Crippen LogP contribution in [0.4, 0.5) is 0 Å². The summed E-state index contributed by atoms with van der Waals surface area (Å²) in [5.74, 6) is -0.349. The molecule has 1 aliphatic heterocycles. The molecule has 2 heterocycles. The summed E-state index contributed by atoms with van der Waals surface area (Å²) >= 11 is 0. The smallest absolute Gasteiger partial charge is 0.272 e. The maximum absolute atomic E-state index is 12.4. The minimum Gasteiger partial charge on any atom is -0.378 e. The van der Waals surface area contributed by atoms with Crippen LogP contribution in [0.3, 0.4) is 0 Å². The fourth-order valence-electron chi connectivity index (χ4n) is 3.88. The number of amides is 1. The van der Waals surface area contributed by atoms with Crippen molar-refractivity contribution in [1.82, 2.24) is 14.9 Å². The van der Waals surface area contributed by atoms with Gasteiger partial charge in [0.05, 0.1) is 25.0 Å². The lowest BCUT2D eigenvalue weighted by Gasteiger charge is -2.31. The van der Waals surface area contributed by atoms with Crippen molar-refractivity contribution in [3.63, 3.8) is 0 Å². The molecule has 1 aromatic carbocycles. The van der Waals surface area contributed by atoms with Crippen LogP contribution >= 0.6 is 0 Å². The van der Waals surface area contributed by atoms with Gasteiger partial charge in [-0.3, -0.25) is 9.59 Å². The normalized spacial score (nSPS) is 18.2. The molecule has 0 bridgehead atoms. The summed E-state index contributed by atoms with van der Waals surface area (Å²) in [4.78, 5) is 26.2. The number of carbonyl (C=O) groups excluding carboxylic acids is 1. The number of ether oxygens (including phenoxy) is 1. The Kier molecular flexibility index (Phi) is 6.43. The summed E-state index contributed by atoms with van der Waals surface area (Å²) in [6.07, 6.45) is 7.27. The molecule has 7 nitrogen and oxygen atoms in total. The minimum atomic E-state index is -0.349. The van der Waals surface area contributed by atoms with Crippen molar-refractivity contribution in [2.24, 2.45) is 12.1 Å². The molecule has 1 aromatic heterocycles. The van der Waals surface area contributed by atoms with E-state index in [9.17, 15) is 9.59 Å². The topological polar surface area (TPSA) is 75.9 Å². The molecule has 4 rings (SSSR count). The summed E-state index contributed by atoms with van der Waals surface area (Å²) in [6, 6.07) is 13.2. The Balaban J connectivity index is 1.56. The maximum atomic E-state index is 12.4. The van der Waals surface area contributed by atoms with Gasteiger partial charge in [-0.15, -0.1) is 0 Å². The predicted molar refractivity (Wildman–Crippen MR) is 121 cm³/mol. The molecule has 160 valence electrons. The highest BCUT2D eigenvalue weighted by atomic mass is 16.5. The Bertz CT molecular complexity index is 1090. The third-order valence-corrected chi connectivity index (χ3v) is 5.47. The molecule has 1 saturated heterocycles. The third kappa shape index (κ3) is 5.00. The highest BCUT2D eigenvalue weighted by molar-refractivity contribution is 5.94. The Morgan fingerprint density at radius 3 is 2.61 bits per heavy atom. The number of carbonyl (C=O) groups is 1. The van der Waals surface area contributed by atoms with Crippen LogP contribution in [0.1, 0.15) is 28.8 Å². The Morgan fingerprint density at radius 1 is 1.10 bits per heavy atom. The van der Waals surface area contributed by atoms with E-state index < -0.39 is 0 Å². The van der Waals surface area contributed by atoms with Crippen molar-refractivity contribution < 1.29 is 9.53 Å². The van der Waals surface area contributed by atoms with Gasteiger partial charge in [-0.25, -0.2) is 5.43 Å². The number of benzene rings is 1. The lowest BCUT2D eigenvalue weighted by Crippen LogP contribution is -2.36. The van der Waals surface area contributed by atoms with Gasteiger partial charge in [-0.2, -0.15) is 5.10 Å². The first kappa shape index (κ1) is 20.8. The third-order valence-electron chi connectivity index (χ3n) is 5.47. The molecular weight excluding hydrogens is 392 g/mol. The number of morpholine rings is 1. The standard InChI is InChI=1S/C24H26N4O3/c1-27-17-21(9-10-22(27)29)24(30)26-25-16-20-8-7-19(15-18-5-3-2-4-6-18)23(20)28-11-13-31-14-12-28/h2-6,9-10,15-17H,7-8,11-14H2,1H3,(H,26,30)/b19-15-,25-16?. The number of hydrazone groups is 1. The molecule has 0 unspecified atom stereocenters. The number of aryl methyl sites for hydroxylation is 1. The molecule has 0 radical (unpaired) electrons. The first-order chi connectivity index (χ1) is 15.1.